The molecule has 0 amide bonds. The van der Waals surface area contributed by atoms with Gasteiger partial charge in [0, 0.05) is 24.3 Å². The quantitative estimate of drug-likeness (QED) is 0.738. The molecule has 1 aromatic rings. The number of anilines is 2. The molecule has 20 heavy (non-hydrogen) atoms. The Morgan fingerprint density at radius 3 is 2.70 bits per heavy atom. The molecule has 1 aromatic carbocycles. The van der Waals surface area contributed by atoms with Gasteiger partial charge in [-0.15, -0.1) is 0 Å². The van der Waals surface area contributed by atoms with Gasteiger partial charge in [0.1, 0.15) is 5.82 Å². The standard InChI is InChI=1S/C14H19FN2O3/c1-14(2)11(6-12(14)20-3)17-10-4-7(13(18)19)9(16)5-8(10)15/h4-5,11-12,17H,6,16H2,1-3H3,(H,18,19). The summed E-state index contributed by atoms with van der Waals surface area (Å²) in [6, 6.07) is 2.29. The Morgan fingerprint density at radius 1 is 1.55 bits per heavy atom. The lowest BCUT2D eigenvalue weighted by Gasteiger charge is -2.51. The van der Waals surface area contributed by atoms with Crippen LogP contribution in [-0.2, 0) is 4.74 Å². The van der Waals surface area contributed by atoms with Crippen LogP contribution in [0.1, 0.15) is 30.6 Å². The van der Waals surface area contributed by atoms with E-state index in [2.05, 4.69) is 5.32 Å². The first-order valence-electron chi connectivity index (χ1n) is 6.39. The molecule has 0 aromatic heterocycles. The van der Waals surface area contributed by atoms with E-state index in [1.54, 1.807) is 7.11 Å². The lowest BCUT2D eigenvalue weighted by Crippen LogP contribution is -2.57. The maximum Gasteiger partial charge on any atom is 0.337 e. The molecule has 0 saturated heterocycles. The largest absolute Gasteiger partial charge is 0.478 e. The van der Waals surface area contributed by atoms with E-state index in [9.17, 15) is 9.18 Å². The molecule has 1 fully saturated rings. The van der Waals surface area contributed by atoms with Crippen molar-refractivity contribution < 1.29 is 19.0 Å². The number of carboxylic acid groups (broad SMARTS) is 1. The van der Waals surface area contributed by atoms with Crippen LogP contribution in [0.3, 0.4) is 0 Å². The third kappa shape index (κ3) is 2.31. The number of nitrogen functional groups attached to an aromatic ring is 1. The summed E-state index contributed by atoms with van der Waals surface area (Å²) < 4.78 is 19.2. The summed E-state index contributed by atoms with van der Waals surface area (Å²) in [5, 5.41) is 12.1. The highest BCUT2D eigenvalue weighted by molar-refractivity contribution is 5.94. The Morgan fingerprint density at radius 2 is 2.20 bits per heavy atom. The van der Waals surface area contributed by atoms with E-state index in [1.807, 2.05) is 13.8 Å². The fraction of sp³-hybridized carbons (Fsp3) is 0.500. The van der Waals surface area contributed by atoms with Crippen LogP contribution >= 0.6 is 0 Å². The number of aromatic carboxylic acids is 1. The Bertz CT molecular complexity index is 545. The SMILES string of the molecule is COC1CC(Nc2cc(C(=O)O)c(N)cc2F)C1(C)C. The average Bonchev–Trinajstić information content (AvgIpc) is 2.35. The van der Waals surface area contributed by atoms with E-state index in [0.29, 0.717) is 0 Å². The number of carboxylic acids is 1. The summed E-state index contributed by atoms with van der Waals surface area (Å²) in [6.07, 6.45) is 0.853. The molecule has 0 spiro atoms. The van der Waals surface area contributed by atoms with Crippen molar-refractivity contribution in [3.05, 3.63) is 23.5 Å². The number of ether oxygens (including phenoxy) is 1. The second kappa shape index (κ2) is 4.94. The number of benzene rings is 1. The van der Waals surface area contributed by atoms with Crippen molar-refractivity contribution in [2.75, 3.05) is 18.2 Å². The molecule has 0 aliphatic heterocycles. The number of carbonyl (C=O) groups is 1. The van der Waals surface area contributed by atoms with Crippen LogP contribution in [0.25, 0.3) is 0 Å². The smallest absolute Gasteiger partial charge is 0.337 e. The molecule has 4 N–H and O–H groups in total. The van der Waals surface area contributed by atoms with E-state index in [1.165, 1.54) is 6.07 Å². The average molecular weight is 282 g/mol. The highest BCUT2D eigenvalue weighted by Crippen LogP contribution is 2.44. The third-order valence-corrected chi connectivity index (χ3v) is 4.16. The molecule has 2 unspecified atom stereocenters. The minimum Gasteiger partial charge on any atom is -0.478 e. The van der Waals surface area contributed by atoms with Crippen LogP contribution in [0.4, 0.5) is 15.8 Å². The Balaban J connectivity index is 2.23. The second-order valence-corrected chi connectivity index (χ2v) is 5.70. The van der Waals surface area contributed by atoms with Gasteiger partial charge in [-0.25, -0.2) is 9.18 Å². The van der Waals surface area contributed by atoms with Gasteiger partial charge >= 0.3 is 5.97 Å². The third-order valence-electron chi connectivity index (χ3n) is 4.16. The van der Waals surface area contributed by atoms with Crippen LogP contribution < -0.4 is 11.1 Å². The number of rotatable bonds is 4. The zero-order chi connectivity index (χ0) is 15.1. The molecule has 1 aliphatic rings. The molecular weight excluding hydrogens is 263 g/mol. The highest BCUT2D eigenvalue weighted by atomic mass is 19.1. The van der Waals surface area contributed by atoms with Crippen molar-refractivity contribution in [3.8, 4) is 0 Å². The molecule has 110 valence electrons. The normalized spacial score (nSPS) is 24.0. The molecule has 5 nitrogen and oxygen atoms in total. The van der Waals surface area contributed by atoms with Crippen molar-refractivity contribution in [2.24, 2.45) is 5.41 Å². The van der Waals surface area contributed by atoms with Gasteiger partial charge in [-0.05, 0) is 18.6 Å². The van der Waals surface area contributed by atoms with Crippen LogP contribution in [0.2, 0.25) is 0 Å². The first-order chi connectivity index (χ1) is 9.27. The van der Waals surface area contributed by atoms with Gasteiger partial charge in [0.15, 0.2) is 0 Å². The van der Waals surface area contributed by atoms with E-state index in [-0.39, 0.29) is 34.5 Å². The van der Waals surface area contributed by atoms with Crippen molar-refractivity contribution in [1.29, 1.82) is 0 Å². The van der Waals surface area contributed by atoms with Gasteiger partial charge in [-0.1, -0.05) is 13.8 Å². The van der Waals surface area contributed by atoms with Crippen LogP contribution in [0, 0.1) is 11.2 Å². The lowest BCUT2D eigenvalue weighted by atomic mass is 9.64. The fourth-order valence-electron chi connectivity index (χ4n) is 2.60. The van der Waals surface area contributed by atoms with Crippen molar-refractivity contribution in [2.45, 2.75) is 32.4 Å². The van der Waals surface area contributed by atoms with Crippen molar-refractivity contribution in [1.82, 2.24) is 0 Å². The Hall–Kier alpha value is -1.82. The van der Waals surface area contributed by atoms with E-state index >= 15 is 0 Å². The van der Waals surface area contributed by atoms with Gasteiger partial charge in [0.05, 0.1) is 17.4 Å². The number of nitrogens with two attached hydrogens (primary N) is 1. The van der Waals surface area contributed by atoms with Crippen molar-refractivity contribution in [3.63, 3.8) is 0 Å². The van der Waals surface area contributed by atoms with Crippen molar-refractivity contribution >= 4 is 17.3 Å². The first kappa shape index (κ1) is 14.6. The summed E-state index contributed by atoms with van der Waals surface area (Å²) >= 11 is 0. The van der Waals surface area contributed by atoms with Crippen LogP contribution in [-0.4, -0.2) is 30.3 Å². The number of hydrogen-bond donors (Lipinski definition) is 3. The predicted molar refractivity (Wildman–Crippen MR) is 74.4 cm³/mol. The molecule has 2 atom stereocenters. The predicted octanol–water partition coefficient (Wildman–Crippen LogP) is 2.33. The molecule has 0 heterocycles. The maximum atomic E-state index is 13.9. The van der Waals surface area contributed by atoms with Gasteiger partial charge in [0.2, 0.25) is 0 Å². The minimum absolute atomic E-state index is 0.0206. The summed E-state index contributed by atoms with van der Waals surface area (Å²) in [4.78, 5) is 11.0. The summed E-state index contributed by atoms with van der Waals surface area (Å²) in [5.74, 6) is -1.72. The highest BCUT2D eigenvalue weighted by Gasteiger charge is 2.48. The molecule has 2 rings (SSSR count). The van der Waals surface area contributed by atoms with Crippen LogP contribution in [0.5, 0.6) is 0 Å². The number of methoxy groups -OCH3 is 1. The molecular formula is C14H19FN2O3. The first-order valence-corrected chi connectivity index (χ1v) is 6.39. The molecule has 6 heteroatoms. The topological polar surface area (TPSA) is 84.6 Å². The molecule has 1 aliphatic carbocycles. The Kier molecular flexibility index (Phi) is 3.60. The molecule has 0 radical (unpaired) electrons. The summed E-state index contributed by atoms with van der Waals surface area (Å²) in [5.41, 5.74) is 5.32. The zero-order valence-electron chi connectivity index (χ0n) is 11.7. The minimum atomic E-state index is -1.17. The number of nitrogens with one attached hydrogen (secondary N) is 1. The van der Waals surface area contributed by atoms with Gasteiger partial charge in [-0.2, -0.15) is 0 Å². The van der Waals surface area contributed by atoms with E-state index in [4.69, 9.17) is 15.6 Å². The van der Waals surface area contributed by atoms with Gasteiger partial charge in [-0.3, -0.25) is 0 Å². The van der Waals surface area contributed by atoms with Gasteiger partial charge in [0.25, 0.3) is 0 Å². The second-order valence-electron chi connectivity index (χ2n) is 5.70. The van der Waals surface area contributed by atoms with E-state index in [0.717, 1.165) is 12.5 Å². The summed E-state index contributed by atoms with van der Waals surface area (Å²) in [7, 11) is 1.65. The lowest BCUT2D eigenvalue weighted by molar-refractivity contribution is -0.0795. The zero-order valence-corrected chi connectivity index (χ0v) is 11.7. The van der Waals surface area contributed by atoms with E-state index < -0.39 is 11.8 Å². The number of hydrogen-bond acceptors (Lipinski definition) is 4. The number of halogens is 1. The van der Waals surface area contributed by atoms with Crippen LogP contribution in [0.15, 0.2) is 12.1 Å². The fourth-order valence-corrected chi connectivity index (χ4v) is 2.60. The van der Waals surface area contributed by atoms with Gasteiger partial charge < -0.3 is 20.9 Å². The summed E-state index contributed by atoms with van der Waals surface area (Å²) in [6.45, 7) is 4.05. The Labute approximate surface area is 116 Å². The molecule has 1 saturated carbocycles. The maximum absolute atomic E-state index is 13.9. The molecule has 0 bridgehead atoms. The monoisotopic (exact) mass is 282 g/mol.